The molecule has 0 N–H and O–H groups in total. The van der Waals surface area contributed by atoms with Gasteiger partial charge in [0.15, 0.2) is 5.79 Å². The van der Waals surface area contributed by atoms with Crippen molar-refractivity contribution < 1.29 is 18.8 Å². The molecule has 1 heterocycles. The zero-order chi connectivity index (χ0) is 19.8. The summed E-state index contributed by atoms with van der Waals surface area (Å²) in [6.07, 6.45) is 0.659. The van der Waals surface area contributed by atoms with Crippen molar-refractivity contribution >= 4 is 8.32 Å². The zero-order valence-electron chi connectivity index (χ0n) is 17.4. The summed E-state index contributed by atoms with van der Waals surface area (Å²) in [4.78, 5) is 6.06. The molecule has 146 valence electrons. The molecule has 0 radical (unpaired) electrons. The van der Waals surface area contributed by atoms with Gasteiger partial charge in [0, 0.05) is 19.4 Å². The molecule has 0 amide bonds. The molecule has 0 unspecified atom stereocenters. The fourth-order valence-electron chi connectivity index (χ4n) is 2.58. The van der Waals surface area contributed by atoms with Crippen molar-refractivity contribution in [1.82, 2.24) is 5.23 Å². The number of nitrogens with zero attached hydrogens (tertiary/aromatic N) is 1. The highest BCUT2D eigenvalue weighted by atomic mass is 28.4. The van der Waals surface area contributed by atoms with Crippen LogP contribution in [-0.4, -0.2) is 33.6 Å². The SMILES string of the molecule is C=C1[C@@H](c2ccc(OC)cc2)C[C@](C)(OC)ON1O[Si](C)(C)C(C)(C)C. The summed E-state index contributed by atoms with van der Waals surface area (Å²) in [5.74, 6) is 0.0772. The summed E-state index contributed by atoms with van der Waals surface area (Å²) in [7, 11) is 1.23. The quantitative estimate of drug-likeness (QED) is 0.655. The topological polar surface area (TPSA) is 40.2 Å². The number of hydrogen-bond acceptors (Lipinski definition) is 5. The summed E-state index contributed by atoms with van der Waals surface area (Å²) in [5, 5.41) is 1.56. The third kappa shape index (κ3) is 4.31. The van der Waals surface area contributed by atoms with Gasteiger partial charge in [0.05, 0.1) is 12.8 Å². The number of rotatable bonds is 5. The molecule has 2 rings (SSSR count). The molecule has 5 nitrogen and oxygen atoms in total. The molecule has 0 bridgehead atoms. The van der Waals surface area contributed by atoms with Crippen LogP contribution >= 0.6 is 0 Å². The van der Waals surface area contributed by atoms with Crippen LogP contribution in [0.2, 0.25) is 18.1 Å². The maximum absolute atomic E-state index is 6.40. The van der Waals surface area contributed by atoms with Gasteiger partial charge in [0.2, 0.25) is 8.32 Å². The monoisotopic (exact) mass is 379 g/mol. The lowest BCUT2D eigenvalue weighted by molar-refractivity contribution is -0.422. The zero-order valence-corrected chi connectivity index (χ0v) is 18.4. The molecule has 1 saturated heterocycles. The molecule has 0 aromatic heterocycles. The van der Waals surface area contributed by atoms with Gasteiger partial charge >= 0.3 is 0 Å². The van der Waals surface area contributed by atoms with Gasteiger partial charge in [-0.15, -0.1) is 5.23 Å². The van der Waals surface area contributed by atoms with E-state index in [0.717, 1.165) is 17.0 Å². The van der Waals surface area contributed by atoms with Crippen LogP contribution in [0.1, 0.15) is 45.6 Å². The molecule has 26 heavy (non-hydrogen) atoms. The number of benzene rings is 1. The van der Waals surface area contributed by atoms with Crippen molar-refractivity contribution in [3.63, 3.8) is 0 Å². The van der Waals surface area contributed by atoms with Gasteiger partial charge in [0.1, 0.15) is 5.75 Å². The molecular formula is C20H33NO4Si. The van der Waals surface area contributed by atoms with Gasteiger partial charge in [0.25, 0.3) is 0 Å². The number of methoxy groups -OCH3 is 2. The second-order valence-corrected chi connectivity index (χ2v) is 13.3. The molecule has 6 heteroatoms. The first-order chi connectivity index (χ1) is 11.9. The summed E-state index contributed by atoms with van der Waals surface area (Å²) in [5.41, 5.74) is 1.92. The van der Waals surface area contributed by atoms with E-state index in [2.05, 4.69) is 52.6 Å². The van der Waals surface area contributed by atoms with Crippen LogP contribution in [0.15, 0.2) is 36.5 Å². The van der Waals surface area contributed by atoms with Gasteiger partial charge in [-0.2, -0.15) is 0 Å². The third-order valence-electron chi connectivity index (χ3n) is 5.55. The Labute approximate surface area is 158 Å². The Morgan fingerprint density at radius 2 is 1.77 bits per heavy atom. The van der Waals surface area contributed by atoms with Crippen LogP contribution in [0.4, 0.5) is 0 Å². The summed E-state index contributed by atoms with van der Waals surface area (Å²) in [6, 6.07) is 8.03. The minimum Gasteiger partial charge on any atom is -0.497 e. The van der Waals surface area contributed by atoms with Crippen LogP contribution in [0.3, 0.4) is 0 Å². The fraction of sp³-hybridized carbons (Fsp3) is 0.600. The van der Waals surface area contributed by atoms with Gasteiger partial charge in [-0.25, -0.2) is 4.84 Å². The number of hydroxylamine groups is 2. The first-order valence-corrected chi connectivity index (χ1v) is 11.9. The van der Waals surface area contributed by atoms with E-state index < -0.39 is 14.1 Å². The lowest BCUT2D eigenvalue weighted by Gasteiger charge is -2.48. The van der Waals surface area contributed by atoms with Gasteiger partial charge in [-0.05, 0) is 42.8 Å². The maximum atomic E-state index is 6.40. The average molecular weight is 380 g/mol. The fourth-order valence-corrected chi connectivity index (χ4v) is 3.42. The van der Waals surface area contributed by atoms with Crippen molar-refractivity contribution in [3.8, 4) is 5.75 Å². The van der Waals surface area contributed by atoms with E-state index in [4.69, 9.17) is 18.8 Å². The third-order valence-corrected chi connectivity index (χ3v) is 9.79. The molecule has 0 saturated carbocycles. The van der Waals surface area contributed by atoms with E-state index in [9.17, 15) is 0 Å². The van der Waals surface area contributed by atoms with Crippen molar-refractivity contribution in [1.29, 1.82) is 0 Å². The van der Waals surface area contributed by atoms with E-state index in [0.29, 0.717) is 6.42 Å². The minimum atomic E-state index is -2.09. The largest absolute Gasteiger partial charge is 0.497 e. The van der Waals surface area contributed by atoms with Gasteiger partial charge < -0.3 is 9.47 Å². The molecule has 2 atom stereocenters. The van der Waals surface area contributed by atoms with Crippen molar-refractivity contribution in [3.05, 3.63) is 42.1 Å². The van der Waals surface area contributed by atoms with E-state index in [-0.39, 0.29) is 11.0 Å². The number of hydrogen-bond donors (Lipinski definition) is 0. The highest BCUT2D eigenvalue weighted by Crippen LogP contribution is 2.45. The number of ether oxygens (including phenoxy) is 2. The summed E-state index contributed by atoms with van der Waals surface area (Å²) >= 11 is 0. The Morgan fingerprint density at radius 1 is 1.19 bits per heavy atom. The smallest absolute Gasteiger partial charge is 0.232 e. The van der Waals surface area contributed by atoms with E-state index >= 15 is 0 Å². The van der Waals surface area contributed by atoms with Crippen molar-refractivity contribution in [2.45, 2.75) is 64.0 Å². The van der Waals surface area contributed by atoms with Crippen molar-refractivity contribution in [2.75, 3.05) is 14.2 Å². The molecule has 0 spiro atoms. The Morgan fingerprint density at radius 3 is 2.23 bits per heavy atom. The van der Waals surface area contributed by atoms with Crippen molar-refractivity contribution in [2.24, 2.45) is 0 Å². The predicted molar refractivity (Wildman–Crippen MR) is 106 cm³/mol. The first kappa shape index (κ1) is 21.0. The van der Waals surface area contributed by atoms with Gasteiger partial charge in [-0.3, -0.25) is 4.53 Å². The normalized spacial score (nSPS) is 24.7. The predicted octanol–water partition coefficient (Wildman–Crippen LogP) is 5.23. The van der Waals surface area contributed by atoms with Crippen LogP contribution in [0.5, 0.6) is 5.75 Å². The van der Waals surface area contributed by atoms with Crippen LogP contribution in [-0.2, 0) is 14.1 Å². The molecule has 1 aliphatic heterocycles. The molecule has 0 aliphatic carbocycles. The highest BCUT2D eigenvalue weighted by Gasteiger charge is 2.46. The van der Waals surface area contributed by atoms with Crippen LogP contribution < -0.4 is 4.74 Å². The average Bonchev–Trinajstić information content (AvgIpc) is 2.57. The summed E-state index contributed by atoms with van der Waals surface area (Å²) < 4.78 is 17.3. The lowest BCUT2D eigenvalue weighted by Crippen LogP contribution is -2.53. The Hall–Kier alpha value is -1.34. The highest BCUT2D eigenvalue weighted by molar-refractivity contribution is 6.74. The molecule has 1 aromatic carbocycles. The van der Waals surface area contributed by atoms with E-state index in [1.54, 1.807) is 14.2 Å². The second kappa shape index (κ2) is 7.35. The van der Waals surface area contributed by atoms with Gasteiger partial charge in [-0.1, -0.05) is 39.5 Å². The Bertz CT molecular complexity index is 638. The summed E-state index contributed by atoms with van der Waals surface area (Å²) in [6.45, 7) is 17.2. The lowest BCUT2D eigenvalue weighted by atomic mass is 9.88. The van der Waals surface area contributed by atoms with E-state index in [1.807, 2.05) is 19.1 Å². The minimum absolute atomic E-state index is 0.0318. The van der Waals surface area contributed by atoms with Crippen LogP contribution in [0, 0.1) is 0 Å². The maximum Gasteiger partial charge on any atom is 0.232 e. The second-order valence-electron chi connectivity index (χ2n) is 8.56. The first-order valence-electron chi connectivity index (χ1n) is 8.99. The Kier molecular flexibility index (Phi) is 5.92. The number of allylic oxidation sites excluding steroid dienone is 1. The van der Waals surface area contributed by atoms with E-state index in [1.165, 1.54) is 5.23 Å². The molecule has 1 fully saturated rings. The standard InChI is InChI=1S/C20H33NO4Si/c1-15-18(16-10-12-17(22-6)13-11-16)14-20(5,23-7)24-21(15)25-26(8,9)19(2,3)4/h10-13,18H,1,14H2,2-9H3/t18-,20+/m0/s1. The molecular weight excluding hydrogens is 346 g/mol. The molecule has 1 aliphatic rings. The Balaban J connectivity index is 2.33. The molecule has 1 aromatic rings. The van der Waals surface area contributed by atoms with Crippen LogP contribution in [0.25, 0.3) is 0 Å².